The summed E-state index contributed by atoms with van der Waals surface area (Å²) in [7, 11) is 0. The highest BCUT2D eigenvalue weighted by Gasteiger charge is 2.06. The standard InChI is InChI=1S/C20H14N4OS/c1-2-19-23-18(13-26-19)24-20(25)22-12-14-7-9-15(10-8-14)17-6-4-3-5-16(17)11-21/h1,3-10,13H,12H2,(H2,22,24,25). The minimum atomic E-state index is -0.349. The van der Waals surface area contributed by atoms with E-state index < -0.39 is 0 Å². The molecule has 2 N–H and O–H groups in total. The molecule has 0 saturated heterocycles. The van der Waals surface area contributed by atoms with Gasteiger partial charge in [-0.25, -0.2) is 9.78 Å². The molecule has 2 amide bonds. The lowest BCUT2D eigenvalue weighted by atomic mass is 9.99. The normalized spacial score (nSPS) is 9.77. The fraction of sp³-hybridized carbons (Fsp3) is 0.0500. The van der Waals surface area contributed by atoms with Crippen LogP contribution in [-0.2, 0) is 6.54 Å². The molecule has 26 heavy (non-hydrogen) atoms. The van der Waals surface area contributed by atoms with Gasteiger partial charge >= 0.3 is 6.03 Å². The molecule has 0 saturated carbocycles. The number of rotatable bonds is 4. The Bertz CT molecular complexity index is 1010. The van der Waals surface area contributed by atoms with Gasteiger partial charge in [-0.3, -0.25) is 5.32 Å². The number of aromatic nitrogens is 1. The van der Waals surface area contributed by atoms with Crippen LogP contribution in [0.3, 0.4) is 0 Å². The summed E-state index contributed by atoms with van der Waals surface area (Å²) in [6, 6.07) is 17.0. The van der Waals surface area contributed by atoms with Gasteiger partial charge in [-0.1, -0.05) is 42.5 Å². The second-order valence-corrected chi connectivity index (χ2v) is 6.20. The summed E-state index contributed by atoms with van der Waals surface area (Å²) < 4.78 is 0. The molecular formula is C20H14N4OS. The molecule has 0 aliphatic heterocycles. The Morgan fingerprint density at radius 3 is 2.65 bits per heavy atom. The van der Waals surface area contributed by atoms with Crippen molar-refractivity contribution in [3.63, 3.8) is 0 Å². The molecule has 0 unspecified atom stereocenters. The van der Waals surface area contributed by atoms with Crippen LogP contribution in [-0.4, -0.2) is 11.0 Å². The number of amides is 2. The third kappa shape index (κ3) is 4.07. The zero-order valence-corrected chi connectivity index (χ0v) is 14.5. The Hall–Kier alpha value is -3.61. The second kappa shape index (κ2) is 7.98. The first kappa shape index (κ1) is 17.2. The van der Waals surface area contributed by atoms with Crippen LogP contribution in [0.4, 0.5) is 10.6 Å². The van der Waals surface area contributed by atoms with Gasteiger partial charge in [0.2, 0.25) is 0 Å². The molecule has 0 atom stereocenters. The number of anilines is 1. The molecule has 1 heterocycles. The average Bonchev–Trinajstić information content (AvgIpc) is 3.14. The quantitative estimate of drug-likeness (QED) is 0.692. The monoisotopic (exact) mass is 358 g/mol. The summed E-state index contributed by atoms with van der Waals surface area (Å²) in [5.41, 5.74) is 3.42. The molecule has 0 fully saturated rings. The van der Waals surface area contributed by atoms with Crippen LogP contribution in [0, 0.1) is 23.7 Å². The minimum absolute atomic E-state index is 0.349. The third-order valence-corrected chi connectivity index (χ3v) is 4.41. The van der Waals surface area contributed by atoms with Gasteiger partial charge in [0.1, 0.15) is 5.82 Å². The van der Waals surface area contributed by atoms with Gasteiger partial charge in [0.25, 0.3) is 0 Å². The molecular weight excluding hydrogens is 344 g/mol. The predicted octanol–water partition coefficient (Wildman–Crippen LogP) is 3.98. The minimum Gasteiger partial charge on any atom is -0.334 e. The van der Waals surface area contributed by atoms with Crippen LogP contribution in [0.15, 0.2) is 53.9 Å². The Kier molecular flexibility index (Phi) is 5.28. The zero-order valence-electron chi connectivity index (χ0n) is 13.7. The SMILES string of the molecule is C#Cc1nc(NC(=O)NCc2ccc(-c3ccccc3C#N)cc2)cs1. The van der Waals surface area contributed by atoms with Gasteiger partial charge < -0.3 is 5.32 Å². The first-order chi connectivity index (χ1) is 12.7. The fourth-order valence-electron chi connectivity index (χ4n) is 2.37. The lowest BCUT2D eigenvalue weighted by Crippen LogP contribution is -2.28. The Labute approximate surface area is 155 Å². The first-order valence-corrected chi connectivity index (χ1v) is 8.63. The summed E-state index contributed by atoms with van der Waals surface area (Å²) in [6.45, 7) is 0.373. The van der Waals surface area contributed by atoms with Crippen LogP contribution in [0.5, 0.6) is 0 Å². The first-order valence-electron chi connectivity index (χ1n) is 7.75. The molecule has 3 rings (SSSR count). The second-order valence-electron chi connectivity index (χ2n) is 5.34. The molecule has 0 aliphatic rings. The smallest absolute Gasteiger partial charge is 0.320 e. The number of urea groups is 1. The van der Waals surface area contributed by atoms with Gasteiger partial charge in [0, 0.05) is 11.9 Å². The highest BCUT2D eigenvalue weighted by Crippen LogP contribution is 2.23. The van der Waals surface area contributed by atoms with E-state index in [0.717, 1.165) is 16.7 Å². The number of hydrogen-bond acceptors (Lipinski definition) is 4. The van der Waals surface area contributed by atoms with E-state index in [1.54, 1.807) is 11.4 Å². The van der Waals surface area contributed by atoms with E-state index in [1.807, 2.05) is 42.5 Å². The van der Waals surface area contributed by atoms with Crippen molar-refractivity contribution in [1.82, 2.24) is 10.3 Å². The molecule has 0 spiro atoms. The van der Waals surface area contributed by atoms with E-state index in [4.69, 9.17) is 6.42 Å². The number of nitrogens with one attached hydrogen (secondary N) is 2. The van der Waals surface area contributed by atoms with Crippen LogP contribution in [0.1, 0.15) is 16.1 Å². The number of thiazole rings is 1. The maximum atomic E-state index is 11.9. The van der Waals surface area contributed by atoms with Crippen LogP contribution < -0.4 is 10.6 Å². The summed E-state index contributed by atoms with van der Waals surface area (Å²) in [4.78, 5) is 16.0. The molecule has 3 aromatic rings. The number of carbonyl (C=O) groups excluding carboxylic acids is 1. The van der Waals surface area contributed by atoms with Crippen LogP contribution >= 0.6 is 11.3 Å². The summed E-state index contributed by atoms with van der Waals surface area (Å²) in [5.74, 6) is 2.86. The van der Waals surface area contributed by atoms with E-state index in [9.17, 15) is 10.1 Å². The lowest BCUT2D eigenvalue weighted by Gasteiger charge is -2.08. The molecule has 126 valence electrons. The van der Waals surface area contributed by atoms with Crippen molar-refractivity contribution in [3.05, 3.63) is 70.0 Å². The van der Waals surface area contributed by atoms with Crippen molar-refractivity contribution in [3.8, 4) is 29.5 Å². The highest BCUT2D eigenvalue weighted by molar-refractivity contribution is 7.10. The number of carbonyl (C=O) groups is 1. The van der Waals surface area contributed by atoms with E-state index in [2.05, 4.69) is 27.6 Å². The van der Waals surface area contributed by atoms with E-state index in [1.165, 1.54) is 11.3 Å². The molecule has 6 heteroatoms. The Morgan fingerprint density at radius 2 is 1.96 bits per heavy atom. The maximum Gasteiger partial charge on any atom is 0.320 e. The highest BCUT2D eigenvalue weighted by atomic mass is 32.1. The predicted molar refractivity (Wildman–Crippen MR) is 103 cm³/mol. The van der Waals surface area contributed by atoms with Crippen LogP contribution in [0.2, 0.25) is 0 Å². The van der Waals surface area contributed by atoms with Crippen molar-refractivity contribution >= 4 is 23.2 Å². The number of hydrogen-bond donors (Lipinski definition) is 2. The number of terminal acetylenes is 1. The summed E-state index contributed by atoms with van der Waals surface area (Å²) >= 11 is 1.30. The van der Waals surface area contributed by atoms with Crippen molar-refractivity contribution in [1.29, 1.82) is 5.26 Å². The average molecular weight is 358 g/mol. The molecule has 0 bridgehead atoms. The molecule has 2 aromatic carbocycles. The van der Waals surface area contributed by atoms with Gasteiger partial charge in [0.05, 0.1) is 11.6 Å². The summed E-state index contributed by atoms with van der Waals surface area (Å²) in [6.07, 6.45) is 5.25. The van der Waals surface area contributed by atoms with Gasteiger partial charge in [-0.2, -0.15) is 5.26 Å². The van der Waals surface area contributed by atoms with Gasteiger partial charge in [-0.15, -0.1) is 17.8 Å². The number of benzene rings is 2. The largest absolute Gasteiger partial charge is 0.334 e. The maximum absolute atomic E-state index is 11.9. The lowest BCUT2D eigenvalue weighted by molar-refractivity contribution is 0.251. The molecule has 5 nitrogen and oxygen atoms in total. The van der Waals surface area contributed by atoms with Crippen LogP contribution in [0.25, 0.3) is 11.1 Å². The number of nitriles is 1. The summed E-state index contributed by atoms with van der Waals surface area (Å²) in [5, 5.41) is 16.8. The number of nitrogens with zero attached hydrogens (tertiary/aromatic N) is 2. The van der Waals surface area contributed by atoms with E-state index in [-0.39, 0.29) is 6.03 Å². The van der Waals surface area contributed by atoms with Crippen molar-refractivity contribution in [2.75, 3.05) is 5.32 Å². The van der Waals surface area contributed by atoms with Gasteiger partial charge in [-0.05, 0) is 28.7 Å². The zero-order chi connectivity index (χ0) is 18.4. The molecule has 1 aromatic heterocycles. The van der Waals surface area contributed by atoms with Crippen molar-refractivity contribution in [2.24, 2.45) is 0 Å². The van der Waals surface area contributed by atoms with Crippen molar-refractivity contribution < 1.29 is 4.79 Å². The Balaban J connectivity index is 1.60. The van der Waals surface area contributed by atoms with E-state index in [0.29, 0.717) is 22.9 Å². The molecule has 0 radical (unpaired) electrons. The molecule has 0 aliphatic carbocycles. The van der Waals surface area contributed by atoms with Gasteiger partial charge in [0.15, 0.2) is 5.01 Å². The third-order valence-electron chi connectivity index (χ3n) is 3.63. The van der Waals surface area contributed by atoms with Crippen molar-refractivity contribution in [2.45, 2.75) is 6.54 Å². The van der Waals surface area contributed by atoms with E-state index >= 15 is 0 Å². The topological polar surface area (TPSA) is 77.8 Å². The Morgan fingerprint density at radius 1 is 1.19 bits per heavy atom. The fourth-order valence-corrected chi connectivity index (χ4v) is 2.93.